The third-order valence-corrected chi connectivity index (χ3v) is 8.26. The largest absolute Gasteiger partial charge is 0.493 e. The zero-order chi connectivity index (χ0) is 27.2. The van der Waals surface area contributed by atoms with Crippen molar-refractivity contribution < 1.29 is 24.2 Å². The average Bonchev–Trinajstić information content (AvgIpc) is 3.51. The van der Waals surface area contributed by atoms with Gasteiger partial charge in [0.25, 0.3) is 0 Å². The van der Waals surface area contributed by atoms with Crippen LogP contribution >= 0.6 is 0 Å². The fraction of sp³-hybridized carbons (Fsp3) is 0.679. The zero-order valence-corrected chi connectivity index (χ0v) is 22.8. The number of urea groups is 1. The highest BCUT2D eigenvalue weighted by atomic mass is 16.5. The smallest absolute Gasteiger partial charge is 0.319 e. The fourth-order valence-corrected chi connectivity index (χ4v) is 6.19. The van der Waals surface area contributed by atoms with E-state index in [2.05, 4.69) is 13.0 Å². The van der Waals surface area contributed by atoms with Crippen molar-refractivity contribution in [2.75, 3.05) is 66.0 Å². The number of unbranched alkanes of at least 4 members (excludes halogenated alkanes) is 1. The number of amides is 3. The number of fused-ring (bicyclic) bond motifs is 1. The minimum Gasteiger partial charge on any atom is -0.493 e. The van der Waals surface area contributed by atoms with Gasteiger partial charge in [-0.05, 0) is 36.5 Å². The Balaban J connectivity index is 1.58. The molecule has 3 aliphatic rings. The standard InChI is InChI=1S/C28H43N5O5/c1-3-4-12-31(15-10-29)25(34)19-33-18-22(20-6-7-24-21(17-20)9-16-38-24)26(27(35)36)23(33)8-14-32-13-5-11-30(2)28(32)37/h6-7,17,22-23,26H,3-5,8-16,18-19,29H2,1-2H3,(H,35,36). The molecule has 0 saturated carbocycles. The van der Waals surface area contributed by atoms with E-state index in [9.17, 15) is 19.5 Å². The molecule has 10 heteroatoms. The van der Waals surface area contributed by atoms with Gasteiger partial charge in [-0.2, -0.15) is 0 Å². The molecule has 3 amide bonds. The molecule has 10 nitrogen and oxygen atoms in total. The molecule has 0 spiro atoms. The Morgan fingerprint density at radius 2 is 2.05 bits per heavy atom. The van der Waals surface area contributed by atoms with Gasteiger partial charge in [0.15, 0.2) is 0 Å². The normalized spacial score (nSPS) is 23.4. The molecule has 210 valence electrons. The van der Waals surface area contributed by atoms with Crippen LogP contribution in [0, 0.1) is 5.92 Å². The Kier molecular flexibility index (Phi) is 9.49. The quantitative estimate of drug-likeness (QED) is 0.424. The first-order chi connectivity index (χ1) is 18.3. The van der Waals surface area contributed by atoms with Crippen molar-refractivity contribution in [1.29, 1.82) is 0 Å². The molecule has 4 rings (SSSR count). The van der Waals surface area contributed by atoms with Crippen LogP contribution in [0.15, 0.2) is 18.2 Å². The average molecular weight is 530 g/mol. The Morgan fingerprint density at radius 3 is 2.79 bits per heavy atom. The number of carboxylic acids is 1. The molecule has 3 aliphatic heterocycles. The Morgan fingerprint density at radius 1 is 1.24 bits per heavy atom. The molecule has 0 aliphatic carbocycles. The van der Waals surface area contributed by atoms with Crippen LogP contribution in [0.3, 0.4) is 0 Å². The summed E-state index contributed by atoms with van der Waals surface area (Å²) < 4.78 is 5.66. The van der Waals surface area contributed by atoms with Crippen LogP contribution in [0.4, 0.5) is 4.79 Å². The third kappa shape index (κ3) is 6.23. The number of carbonyl (C=O) groups excluding carboxylic acids is 2. The second-order valence-corrected chi connectivity index (χ2v) is 10.8. The van der Waals surface area contributed by atoms with Gasteiger partial charge in [0.2, 0.25) is 5.91 Å². The number of aliphatic carboxylic acids is 1. The molecule has 1 aromatic rings. The van der Waals surface area contributed by atoms with Gasteiger partial charge in [0.1, 0.15) is 5.75 Å². The minimum atomic E-state index is -0.862. The van der Waals surface area contributed by atoms with E-state index in [0.717, 1.165) is 49.1 Å². The molecule has 0 radical (unpaired) electrons. The summed E-state index contributed by atoms with van der Waals surface area (Å²) in [4.78, 5) is 46.2. The van der Waals surface area contributed by atoms with E-state index in [0.29, 0.717) is 52.3 Å². The number of hydrogen-bond donors (Lipinski definition) is 2. The van der Waals surface area contributed by atoms with Crippen molar-refractivity contribution in [3.8, 4) is 5.75 Å². The summed E-state index contributed by atoms with van der Waals surface area (Å²) >= 11 is 0. The highest BCUT2D eigenvalue weighted by molar-refractivity contribution is 5.79. The van der Waals surface area contributed by atoms with E-state index in [1.54, 1.807) is 16.8 Å². The topological polar surface area (TPSA) is 120 Å². The highest BCUT2D eigenvalue weighted by Gasteiger charge is 2.47. The summed E-state index contributed by atoms with van der Waals surface area (Å²) in [6, 6.07) is 5.61. The van der Waals surface area contributed by atoms with E-state index in [1.165, 1.54) is 0 Å². The summed E-state index contributed by atoms with van der Waals surface area (Å²) in [5.41, 5.74) is 7.87. The first-order valence-electron chi connectivity index (χ1n) is 14.0. The monoisotopic (exact) mass is 529 g/mol. The van der Waals surface area contributed by atoms with Crippen LogP contribution in [-0.2, 0) is 16.0 Å². The van der Waals surface area contributed by atoms with Crippen molar-refractivity contribution in [3.63, 3.8) is 0 Å². The van der Waals surface area contributed by atoms with Crippen LogP contribution in [-0.4, -0.2) is 115 Å². The maximum absolute atomic E-state index is 13.4. The van der Waals surface area contributed by atoms with Gasteiger partial charge >= 0.3 is 12.0 Å². The molecule has 0 aromatic heterocycles. The minimum absolute atomic E-state index is 0.0187. The number of nitrogens with zero attached hydrogens (tertiary/aromatic N) is 4. The molecule has 3 heterocycles. The van der Waals surface area contributed by atoms with Gasteiger partial charge in [-0.15, -0.1) is 0 Å². The highest BCUT2D eigenvalue weighted by Crippen LogP contribution is 2.41. The number of rotatable bonds is 12. The predicted molar refractivity (Wildman–Crippen MR) is 144 cm³/mol. The second kappa shape index (κ2) is 12.8. The van der Waals surface area contributed by atoms with Crippen molar-refractivity contribution >= 4 is 17.9 Å². The first-order valence-corrected chi connectivity index (χ1v) is 14.0. The van der Waals surface area contributed by atoms with Crippen molar-refractivity contribution in [2.45, 2.75) is 51.0 Å². The number of carboxylic acid groups (broad SMARTS) is 1. The van der Waals surface area contributed by atoms with Crippen LogP contribution in [0.5, 0.6) is 5.75 Å². The summed E-state index contributed by atoms with van der Waals surface area (Å²) in [5.74, 6) is -0.953. The number of nitrogens with two attached hydrogens (primary N) is 1. The first kappa shape index (κ1) is 28.2. The number of hydrogen-bond acceptors (Lipinski definition) is 6. The Labute approximate surface area is 225 Å². The molecule has 3 unspecified atom stereocenters. The zero-order valence-electron chi connectivity index (χ0n) is 22.8. The lowest BCUT2D eigenvalue weighted by molar-refractivity contribution is -0.143. The van der Waals surface area contributed by atoms with Gasteiger partial charge in [0.05, 0.1) is 19.1 Å². The van der Waals surface area contributed by atoms with E-state index in [4.69, 9.17) is 10.5 Å². The van der Waals surface area contributed by atoms with Gasteiger partial charge in [-0.25, -0.2) is 4.79 Å². The number of carbonyl (C=O) groups is 3. The lowest BCUT2D eigenvalue weighted by Gasteiger charge is -2.35. The van der Waals surface area contributed by atoms with Crippen molar-refractivity contribution in [1.82, 2.24) is 19.6 Å². The lowest BCUT2D eigenvalue weighted by atomic mass is 9.83. The van der Waals surface area contributed by atoms with Crippen LogP contribution < -0.4 is 10.5 Å². The van der Waals surface area contributed by atoms with E-state index < -0.39 is 11.9 Å². The van der Waals surface area contributed by atoms with E-state index >= 15 is 0 Å². The lowest BCUT2D eigenvalue weighted by Crippen LogP contribution is -2.50. The van der Waals surface area contributed by atoms with Crippen molar-refractivity contribution in [2.24, 2.45) is 11.7 Å². The van der Waals surface area contributed by atoms with E-state index in [1.807, 2.05) is 21.9 Å². The molecule has 3 atom stereocenters. The molecule has 2 saturated heterocycles. The molecule has 1 aromatic carbocycles. The molecule has 0 bridgehead atoms. The fourth-order valence-electron chi connectivity index (χ4n) is 6.19. The summed E-state index contributed by atoms with van der Waals surface area (Å²) in [7, 11) is 1.80. The summed E-state index contributed by atoms with van der Waals surface area (Å²) in [5, 5.41) is 10.4. The van der Waals surface area contributed by atoms with Gasteiger partial charge < -0.3 is 30.3 Å². The summed E-state index contributed by atoms with van der Waals surface area (Å²) in [6.07, 6.45) is 4.08. The molecule has 2 fully saturated rings. The number of ether oxygens (including phenoxy) is 1. The Bertz CT molecular complexity index is 1000. The van der Waals surface area contributed by atoms with E-state index in [-0.39, 0.29) is 30.4 Å². The SMILES string of the molecule is CCCCN(CCN)C(=O)CN1CC(c2ccc3c(c2)CCO3)C(C(=O)O)C1CCN1CCCN(C)C1=O. The molecule has 38 heavy (non-hydrogen) atoms. The van der Waals surface area contributed by atoms with Gasteiger partial charge in [0, 0.05) is 71.2 Å². The number of benzene rings is 1. The Hall–Kier alpha value is -2.85. The predicted octanol–water partition coefficient (Wildman–Crippen LogP) is 1.83. The van der Waals surface area contributed by atoms with Crippen LogP contribution in [0.25, 0.3) is 0 Å². The maximum Gasteiger partial charge on any atom is 0.319 e. The second-order valence-electron chi connectivity index (χ2n) is 10.8. The molecular formula is C28H43N5O5. The van der Waals surface area contributed by atoms with Crippen LogP contribution in [0.2, 0.25) is 0 Å². The van der Waals surface area contributed by atoms with Crippen LogP contribution in [0.1, 0.15) is 49.7 Å². The van der Waals surface area contributed by atoms with Gasteiger partial charge in [-0.3, -0.25) is 14.5 Å². The maximum atomic E-state index is 13.4. The third-order valence-electron chi connectivity index (χ3n) is 8.26. The van der Waals surface area contributed by atoms with Crippen molar-refractivity contribution in [3.05, 3.63) is 29.3 Å². The molecular weight excluding hydrogens is 486 g/mol. The number of likely N-dealkylation sites (tertiary alicyclic amines) is 1. The summed E-state index contributed by atoms with van der Waals surface area (Å²) in [6.45, 7) is 6.75. The molecule has 3 N–H and O–H groups in total. The van der Waals surface area contributed by atoms with Gasteiger partial charge in [-0.1, -0.05) is 25.5 Å².